The van der Waals surface area contributed by atoms with Crippen LogP contribution in [-0.2, 0) is 4.79 Å². The van der Waals surface area contributed by atoms with Gasteiger partial charge in [0, 0.05) is 38.0 Å². The van der Waals surface area contributed by atoms with Gasteiger partial charge in [0.2, 0.25) is 5.91 Å². The van der Waals surface area contributed by atoms with Crippen LogP contribution in [0.3, 0.4) is 0 Å². The standard InChI is InChI=1S/C15H20N2O2/c1-11-9-14(11)15(18)17-7-4-12(5-8-17)19-13-3-2-6-16-10-13/h2-3,6,10-12,14H,4-5,7-9H2,1H3. The third kappa shape index (κ3) is 2.88. The maximum absolute atomic E-state index is 12.1. The first kappa shape index (κ1) is 12.5. The van der Waals surface area contributed by atoms with Gasteiger partial charge in [0.15, 0.2) is 0 Å². The largest absolute Gasteiger partial charge is 0.489 e. The molecule has 1 amide bonds. The van der Waals surface area contributed by atoms with Crippen molar-refractivity contribution < 1.29 is 9.53 Å². The third-order valence-corrected chi connectivity index (χ3v) is 4.12. The molecule has 1 aromatic rings. The van der Waals surface area contributed by atoms with E-state index >= 15 is 0 Å². The molecule has 1 saturated carbocycles. The van der Waals surface area contributed by atoms with Crippen LogP contribution < -0.4 is 4.74 Å². The second-order valence-corrected chi connectivity index (χ2v) is 5.65. The van der Waals surface area contributed by atoms with E-state index < -0.39 is 0 Å². The number of rotatable bonds is 3. The molecule has 1 aliphatic carbocycles. The number of likely N-dealkylation sites (tertiary alicyclic amines) is 1. The van der Waals surface area contributed by atoms with Gasteiger partial charge in [0.25, 0.3) is 0 Å². The average Bonchev–Trinajstić information content (AvgIpc) is 3.17. The van der Waals surface area contributed by atoms with Crippen molar-refractivity contribution in [2.75, 3.05) is 13.1 Å². The van der Waals surface area contributed by atoms with Gasteiger partial charge >= 0.3 is 0 Å². The SMILES string of the molecule is CC1CC1C(=O)N1CCC(Oc2cccnc2)CC1. The first-order chi connectivity index (χ1) is 9.24. The molecule has 2 atom stereocenters. The summed E-state index contributed by atoms with van der Waals surface area (Å²) in [6.07, 6.45) is 6.60. The highest BCUT2D eigenvalue weighted by Crippen LogP contribution is 2.39. The van der Waals surface area contributed by atoms with Crippen molar-refractivity contribution in [2.24, 2.45) is 11.8 Å². The molecule has 0 bridgehead atoms. The topological polar surface area (TPSA) is 42.4 Å². The van der Waals surface area contributed by atoms with Crippen LogP contribution in [0.15, 0.2) is 24.5 Å². The van der Waals surface area contributed by atoms with Gasteiger partial charge < -0.3 is 9.64 Å². The Morgan fingerprint density at radius 3 is 2.74 bits per heavy atom. The first-order valence-electron chi connectivity index (χ1n) is 7.09. The number of ether oxygens (including phenoxy) is 1. The number of aromatic nitrogens is 1. The summed E-state index contributed by atoms with van der Waals surface area (Å²) in [5, 5.41) is 0. The second-order valence-electron chi connectivity index (χ2n) is 5.65. The summed E-state index contributed by atoms with van der Waals surface area (Å²) >= 11 is 0. The summed E-state index contributed by atoms with van der Waals surface area (Å²) in [5.74, 6) is 2.07. The second kappa shape index (κ2) is 5.19. The lowest BCUT2D eigenvalue weighted by Gasteiger charge is -2.32. The molecule has 19 heavy (non-hydrogen) atoms. The molecule has 4 heteroatoms. The summed E-state index contributed by atoms with van der Waals surface area (Å²) < 4.78 is 5.88. The number of piperidine rings is 1. The normalized spacial score (nSPS) is 27.1. The summed E-state index contributed by atoms with van der Waals surface area (Å²) in [7, 11) is 0. The van der Waals surface area contributed by atoms with Crippen LogP contribution >= 0.6 is 0 Å². The Balaban J connectivity index is 1.48. The van der Waals surface area contributed by atoms with E-state index in [2.05, 4.69) is 11.9 Å². The maximum Gasteiger partial charge on any atom is 0.225 e. The Kier molecular flexibility index (Phi) is 3.40. The molecule has 3 rings (SSSR count). The lowest BCUT2D eigenvalue weighted by Crippen LogP contribution is -2.42. The average molecular weight is 260 g/mol. The van der Waals surface area contributed by atoms with E-state index in [1.54, 1.807) is 12.4 Å². The van der Waals surface area contributed by atoms with Gasteiger partial charge in [-0.05, 0) is 24.5 Å². The Labute approximate surface area is 113 Å². The van der Waals surface area contributed by atoms with Crippen molar-refractivity contribution in [3.8, 4) is 5.75 Å². The fraction of sp³-hybridized carbons (Fsp3) is 0.600. The number of hydrogen-bond donors (Lipinski definition) is 0. The molecule has 1 aromatic heterocycles. The van der Waals surface area contributed by atoms with Crippen LogP contribution in [0.4, 0.5) is 0 Å². The van der Waals surface area contributed by atoms with E-state index in [1.807, 2.05) is 17.0 Å². The molecule has 102 valence electrons. The van der Waals surface area contributed by atoms with E-state index in [0.29, 0.717) is 17.7 Å². The number of hydrogen-bond acceptors (Lipinski definition) is 3. The van der Waals surface area contributed by atoms with Crippen LogP contribution in [0.5, 0.6) is 5.75 Å². The van der Waals surface area contributed by atoms with Gasteiger partial charge in [-0.15, -0.1) is 0 Å². The van der Waals surface area contributed by atoms with Gasteiger partial charge in [-0.2, -0.15) is 0 Å². The van der Waals surface area contributed by atoms with Crippen molar-refractivity contribution in [3.63, 3.8) is 0 Å². The molecule has 2 fully saturated rings. The smallest absolute Gasteiger partial charge is 0.225 e. The van der Waals surface area contributed by atoms with Gasteiger partial charge in [-0.25, -0.2) is 0 Å². The van der Waals surface area contributed by atoms with Crippen LogP contribution in [0.1, 0.15) is 26.2 Å². The van der Waals surface area contributed by atoms with Crippen LogP contribution in [0.25, 0.3) is 0 Å². The Hall–Kier alpha value is -1.58. The van der Waals surface area contributed by atoms with Crippen molar-refractivity contribution in [1.29, 1.82) is 0 Å². The Morgan fingerprint density at radius 1 is 1.42 bits per heavy atom. The van der Waals surface area contributed by atoms with Gasteiger partial charge in [-0.1, -0.05) is 6.92 Å². The van der Waals surface area contributed by atoms with Crippen molar-refractivity contribution in [2.45, 2.75) is 32.3 Å². The highest BCUT2D eigenvalue weighted by Gasteiger charge is 2.42. The van der Waals surface area contributed by atoms with E-state index in [0.717, 1.165) is 38.1 Å². The maximum atomic E-state index is 12.1. The Morgan fingerprint density at radius 2 is 2.16 bits per heavy atom. The molecule has 1 saturated heterocycles. The summed E-state index contributed by atoms with van der Waals surface area (Å²) in [4.78, 5) is 18.2. The lowest BCUT2D eigenvalue weighted by molar-refractivity contribution is -0.134. The Bertz CT molecular complexity index is 441. The quantitative estimate of drug-likeness (QED) is 0.836. The van der Waals surface area contributed by atoms with Crippen LogP contribution in [0, 0.1) is 11.8 Å². The monoisotopic (exact) mass is 260 g/mol. The lowest BCUT2D eigenvalue weighted by atomic mass is 10.1. The van der Waals surface area contributed by atoms with Crippen molar-refractivity contribution >= 4 is 5.91 Å². The van der Waals surface area contributed by atoms with E-state index in [4.69, 9.17) is 4.74 Å². The van der Waals surface area contributed by atoms with Gasteiger partial charge in [0.05, 0.1) is 6.20 Å². The summed E-state index contributed by atoms with van der Waals surface area (Å²) in [6, 6.07) is 3.80. The molecule has 2 heterocycles. The minimum absolute atomic E-state index is 0.213. The predicted octanol–water partition coefficient (Wildman–Crippen LogP) is 2.11. The molecular weight excluding hydrogens is 240 g/mol. The highest BCUT2D eigenvalue weighted by molar-refractivity contribution is 5.81. The molecule has 0 radical (unpaired) electrons. The number of pyridine rings is 1. The number of nitrogens with zero attached hydrogens (tertiary/aromatic N) is 2. The molecule has 0 N–H and O–H groups in total. The highest BCUT2D eigenvalue weighted by atomic mass is 16.5. The third-order valence-electron chi connectivity index (χ3n) is 4.12. The molecule has 0 spiro atoms. The zero-order valence-corrected chi connectivity index (χ0v) is 11.3. The molecule has 4 nitrogen and oxygen atoms in total. The van der Waals surface area contributed by atoms with Crippen molar-refractivity contribution in [3.05, 3.63) is 24.5 Å². The number of carbonyl (C=O) groups excluding carboxylic acids is 1. The van der Waals surface area contributed by atoms with Gasteiger partial charge in [0.1, 0.15) is 11.9 Å². The number of carbonyl (C=O) groups is 1. The zero-order chi connectivity index (χ0) is 13.2. The number of amides is 1. The molecule has 2 aliphatic rings. The first-order valence-corrected chi connectivity index (χ1v) is 7.09. The van der Waals surface area contributed by atoms with E-state index in [9.17, 15) is 4.79 Å². The molecule has 1 aliphatic heterocycles. The summed E-state index contributed by atoms with van der Waals surface area (Å²) in [5.41, 5.74) is 0. The molecule has 2 unspecified atom stereocenters. The fourth-order valence-electron chi connectivity index (χ4n) is 2.70. The molecule has 0 aromatic carbocycles. The van der Waals surface area contributed by atoms with E-state index in [-0.39, 0.29) is 6.10 Å². The van der Waals surface area contributed by atoms with E-state index in [1.165, 1.54) is 0 Å². The fourth-order valence-corrected chi connectivity index (χ4v) is 2.70. The minimum atomic E-state index is 0.213. The van der Waals surface area contributed by atoms with Gasteiger partial charge in [-0.3, -0.25) is 9.78 Å². The minimum Gasteiger partial charge on any atom is -0.489 e. The van der Waals surface area contributed by atoms with Crippen molar-refractivity contribution in [1.82, 2.24) is 9.88 Å². The predicted molar refractivity (Wildman–Crippen MR) is 71.7 cm³/mol. The summed E-state index contributed by atoms with van der Waals surface area (Å²) in [6.45, 7) is 3.81. The van der Waals surface area contributed by atoms with Crippen LogP contribution in [0.2, 0.25) is 0 Å². The van der Waals surface area contributed by atoms with Crippen LogP contribution in [-0.4, -0.2) is 35.0 Å². The zero-order valence-electron chi connectivity index (χ0n) is 11.3. The molecular formula is C15H20N2O2.